The number of amides is 3. The summed E-state index contributed by atoms with van der Waals surface area (Å²) in [5, 5.41) is 18.0. The Kier molecular flexibility index (Phi) is 8.41. The van der Waals surface area contributed by atoms with E-state index in [2.05, 4.69) is 16.0 Å². The second-order valence-corrected chi connectivity index (χ2v) is 10.1. The third kappa shape index (κ3) is 7.35. The lowest BCUT2D eigenvalue weighted by atomic mass is 9.97. The van der Waals surface area contributed by atoms with Crippen molar-refractivity contribution in [2.45, 2.75) is 70.1 Å². The van der Waals surface area contributed by atoms with Gasteiger partial charge in [0.15, 0.2) is 0 Å². The molecule has 0 spiro atoms. The number of rotatable bonds is 11. The molecule has 2 aliphatic rings. The standard InChI is InChI=1S/C24H32ClN3O6/c1-14(2)10-18(21(30)27-19(22(31)32)12-16-6-9-26-20(16)29)28-23(33)34-24(7-8-24)13-15-4-3-5-17(25)11-15/h3-5,11,14,16,18-19H,6-10,12-13H2,1-2H3,(H,26,29)(H,27,30)(H,28,33)(H,31,32). The maximum Gasteiger partial charge on any atom is 0.408 e. The number of benzene rings is 1. The summed E-state index contributed by atoms with van der Waals surface area (Å²) in [5.41, 5.74) is 0.321. The molecule has 2 fully saturated rings. The second kappa shape index (κ2) is 11.1. The minimum atomic E-state index is -1.23. The Bertz CT molecular complexity index is 933. The normalized spacial score (nSPS) is 20.2. The number of ether oxygens (including phenoxy) is 1. The Balaban J connectivity index is 1.60. The van der Waals surface area contributed by atoms with E-state index in [0.29, 0.717) is 43.7 Å². The monoisotopic (exact) mass is 493 g/mol. The topological polar surface area (TPSA) is 134 Å². The average Bonchev–Trinajstić information content (AvgIpc) is 3.36. The molecule has 0 aromatic heterocycles. The molecule has 1 saturated carbocycles. The third-order valence-electron chi connectivity index (χ3n) is 6.15. The van der Waals surface area contributed by atoms with Crippen LogP contribution < -0.4 is 16.0 Å². The zero-order valence-electron chi connectivity index (χ0n) is 19.4. The number of carboxylic acids is 1. The molecule has 0 radical (unpaired) electrons. The number of halogens is 1. The van der Waals surface area contributed by atoms with Crippen molar-refractivity contribution in [2.24, 2.45) is 11.8 Å². The van der Waals surface area contributed by atoms with E-state index in [1.807, 2.05) is 32.0 Å². The Morgan fingerprint density at radius 2 is 1.97 bits per heavy atom. The van der Waals surface area contributed by atoms with Crippen molar-refractivity contribution >= 4 is 35.5 Å². The van der Waals surface area contributed by atoms with Gasteiger partial charge in [0.1, 0.15) is 17.7 Å². The molecule has 3 atom stereocenters. The van der Waals surface area contributed by atoms with Crippen LogP contribution in [0.25, 0.3) is 0 Å². The van der Waals surface area contributed by atoms with E-state index in [-0.39, 0.29) is 18.2 Å². The minimum Gasteiger partial charge on any atom is -0.480 e. The summed E-state index contributed by atoms with van der Waals surface area (Å²) in [5.74, 6) is -2.46. The predicted molar refractivity (Wildman–Crippen MR) is 125 cm³/mol. The van der Waals surface area contributed by atoms with Crippen molar-refractivity contribution in [1.29, 1.82) is 0 Å². The van der Waals surface area contributed by atoms with Gasteiger partial charge in [-0.2, -0.15) is 0 Å². The summed E-state index contributed by atoms with van der Waals surface area (Å²) < 4.78 is 5.69. The van der Waals surface area contributed by atoms with E-state index in [9.17, 15) is 24.3 Å². The van der Waals surface area contributed by atoms with Gasteiger partial charge >= 0.3 is 12.1 Å². The summed E-state index contributed by atoms with van der Waals surface area (Å²) in [7, 11) is 0. The Morgan fingerprint density at radius 3 is 2.53 bits per heavy atom. The molecule has 4 N–H and O–H groups in total. The van der Waals surface area contributed by atoms with Crippen molar-refractivity contribution in [2.75, 3.05) is 6.54 Å². The first kappa shape index (κ1) is 25.8. The molecule has 1 saturated heterocycles. The SMILES string of the molecule is CC(C)CC(NC(=O)OC1(Cc2cccc(Cl)c2)CC1)C(=O)NC(CC1CCNC1=O)C(=O)O. The van der Waals surface area contributed by atoms with Crippen molar-refractivity contribution in [1.82, 2.24) is 16.0 Å². The Hall–Kier alpha value is -2.81. The third-order valence-corrected chi connectivity index (χ3v) is 6.38. The zero-order valence-corrected chi connectivity index (χ0v) is 20.2. The highest BCUT2D eigenvalue weighted by molar-refractivity contribution is 6.30. The van der Waals surface area contributed by atoms with Crippen LogP contribution in [0.5, 0.6) is 0 Å². The lowest BCUT2D eigenvalue weighted by molar-refractivity contribution is -0.143. The molecule has 1 heterocycles. The van der Waals surface area contributed by atoms with E-state index in [4.69, 9.17) is 16.3 Å². The Morgan fingerprint density at radius 1 is 1.24 bits per heavy atom. The molecule has 10 heteroatoms. The van der Waals surface area contributed by atoms with Gasteiger partial charge in [-0.1, -0.05) is 37.6 Å². The molecule has 9 nitrogen and oxygen atoms in total. The molecule has 0 bridgehead atoms. The second-order valence-electron chi connectivity index (χ2n) is 9.62. The lowest BCUT2D eigenvalue weighted by Gasteiger charge is -2.25. The number of hydrogen-bond acceptors (Lipinski definition) is 5. The first-order valence-corrected chi connectivity index (χ1v) is 12.0. The largest absolute Gasteiger partial charge is 0.480 e. The molecule has 34 heavy (non-hydrogen) atoms. The van der Waals surface area contributed by atoms with E-state index < -0.39 is 41.6 Å². The number of carbonyl (C=O) groups is 4. The number of nitrogens with one attached hydrogen (secondary N) is 3. The fourth-order valence-corrected chi connectivity index (χ4v) is 4.41. The van der Waals surface area contributed by atoms with Gasteiger partial charge in [0.05, 0.1) is 0 Å². The van der Waals surface area contributed by atoms with Gasteiger partial charge in [0.2, 0.25) is 11.8 Å². The molecular formula is C24H32ClN3O6. The summed E-state index contributed by atoms with van der Waals surface area (Å²) in [6.07, 6.45) is 2.03. The van der Waals surface area contributed by atoms with Crippen LogP contribution in [0.2, 0.25) is 5.02 Å². The number of aliphatic carboxylic acids is 1. The summed E-state index contributed by atoms with van der Waals surface area (Å²) in [4.78, 5) is 49.2. The van der Waals surface area contributed by atoms with Crippen molar-refractivity contribution in [3.8, 4) is 0 Å². The van der Waals surface area contributed by atoms with Gasteiger partial charge in [0, 0.05) is 23.9 Å². The molecular weight excluding hydrogens is 462 g/mol. The van der Waals surface area contributed by atoms with Crippen molar-refractivity contribution in [3.05, 3.63) is 34.9 Å². The summed E-state index contributed by atoms with van der Waals surface area (Å²) >= 11 is 6.05. The number of hydrogen-bond donors (Lipinski definition) is 4. The highest BCUT2D eigenvalue weighted by atomic mass is 35.5. The molecule has 186 valence electrons. The number of carboxylic acid groups (broad SMARTS) is 1. The molecule has 1 aliphatic carbocycles. The van der Waals surface area contributed by atoms with Crippen LogP contribution in [0.1, 0.15) is 51.5 Å². The molecule has 1 aromatic rings. The molecule has 1 aromatic carbocycles. The van der Waals surface area contributed by atoms with E-state index in [0.717, 1.165) is 5.56 Å². The molecule has 3 rings (SSSR count). The van der Waals surface area contributed by atoms with Crippen molar-refractivity contribution < 1.29 is 29.0 Å². The number of carbonyl (C=O) groups excluding carboxylic acids is 3. The van der Waals surface area contributed by atoms with Crippen LogP contribution in [0, 0.1) is 11.8 Å². The fraction of sp³-hybridized carbons (Fsp3) is 0.583. The van der Waals surface area contributed by atoms with Gasteiger partial charge in [-0.25, -0.2) is 9.59 Å². The van der Waals surface area contributed by atoms with Crippen molar-refractivity contribution in [3.63, 3.8) is 0 Å². The van der Waals surface area contributed by atoms with E-state index in [1.165, 1.54) is 0 Å². The fourth-order valence-electron chi connectivity index (χ4n) is 4.19. The van der Waals surface area contributed by atoms with Gasteiger partial charge in [-0.15, -0.1) is 0 Å². The van der Waals surface area contributed by atoms with Gasteiger partial charge in [-0.3, -0.25) is 9.59 Å². The van der Waals surface area contributed by atoms with Gasteiger partial charge in [-0.05, 0) is 55.7 Å². The molecule has 1 aliphatic heterocycles. The first-order chi connectivity index (χ1) is 16.1. The van der Waals surface area contributed by atoms with Crippen LogP contribution in [0.3, 0.4) is 0 Å². The smallest absolute Gasteiger partial charge is 0.408 e. The van der Waals surface area contributed by atoms with Crippen LogP contribution in [0.15, 0.2) is 24.3 Å². The average molecular weight is 494 g/mol. The highest BCUT2D eigenvalue weighted by Crippen LogP contribution is 2.42. The van der Waals surface area contributed by atoms with Crippen LogP contribution in [-0.4, -0.2) is 53.2 Å². The highest BCUT2D eigenvalue weighted by Gasteiger charge is 2.47. The minimum absolute atomic E-state index is 0.00546. The molecule has 3 unspecified atom stereocenters. The van der Waals surface area contributed by atoms with E-state index >= 15 is 0 Å². The van der Waals surface area contributed by atoms with E-state index in [1.54, 1.807) is 6.07 Å². The van der Waals surface area contributed by atoms with Crippen LogP contribution in [-0.2, 0) is 25.5 Å². The lowest BCUT2D eigenvalue weighted by Crippen LogP contribution is -2.53. The summed E-state index contributed by atoms with van der Waals surface area (Å²) in [6, 6.07) is 5.16. The number of alkyl carbamates (subject to hydrolysis) is 1. The predicted octanol–water partition coefficient (Wildman–Crippen LogP) is 2.65. The first-order valence-electron chi connectivity index (χ1n) is 11.6. The van der Waals surface area contributed by atoms with Crippen LogP contribution in [0.4, 0.5) is 4.79 Å². The Labute approximate surface area is 203 Å². The van der Waals surface area contributed by atoms with Crippen LogP contribution >= 0.6 is 11.6 Å². The summed E-state index contributed by atoms with van der Waals surface area (Å²) in [6.45, 7) is 4.28. The molecule has 3 amide bonds. The maximum atomic E-state index is 12.9. The zero-order chi connectivity index (χ0) is 24.9. The van der Waals surface area contributed by atoms with Gasteiger partial charge < -0.3 is 25.8 Å². The van der Waals surface area contributed by atoms with Gasteiger partial charge in [0.25, 0.3) is 0 Å². The maximum absolute atomic E-state index is 12.9. The quantitative estimate of drug-likeness (QED) is 0.374.